The normalized spacial score (nSPS) is 12.6. The summed E-state index contributed by atoms with van der Waals surface area (Å²) in [6.07, 6.45) is 1.53. The van der Waals surface area contributed by atoms with Gasteiger partial charge < -0.3 is 15.0 Å². The van der Waals surface area contributed by atoms with Gasteiger partial charge in [0.15, 0.2) is 0 Å². The predicted octanol–water partition coefficient (Wildman–Crippen LogP) is 3.34. The average Bonchev–Trinajstić information content (AvgIpc) is 2.91. The standard InChI is InChI=1S/C14H18FN3O2/c1-3-5-12(19-4-2)13-17-14(20-18-13)10-8-9(15)6-7-11(10)16/h6-8,12H,3-5,16H2,1-2H3. The number of hydrogen-bond donors (Lipinski definition) is 1. The minimum Gasteiger partial charge on any atom is -0.398 e. The maximum Gasteiger partial charge on any atom is 0.260 e. The number of rotatable bonds is 6. The molecule has 6 heteroatoms. The zero-order valence-corrected chi connectivity index (χ0v) is 11.6. The molecule has 0 aliphatic heterocycles. The molecule has 0 amide bonds. The Morgan fingerprint density at radius 3 is 2.90 bits per heavy atom. The second kappa shape index (κ2) is 6.47. The van der Waals surface area contributed by atoms with Crippen LogP contribution in [0, 0.1) is 5.82 Å². The molecule has 0 saturated carbocycles. The van der Waals surface area contributed by atoms with E-state index in [9.17, 15) is 4.39 Å². The second-order valence-corrected chi connectivity index (χ2v) is 4.42. The van der Waals surface area contributed by atoms with Gasteiger partial charge in [-0.3, -0.25) is 0 Å². The quantitative estimate of drug-likeness (QED) is 0.821. The van der Waals surface area contributed by atoms with Gasteiger partial charge in [0.1, 0.15) is 11.9 Å². The maximum absolute atomic E-state index is 13.3. The summed E-state index contributed by atoms with van der Waals surface area (Å²) < 4.78 is 24.0. The first-order chi connectivity index (χ1) is 9.65. The lowest BCUT2D eigenvalue weighted by molar-refractivity contribution is 0.0478. The van der Waals surface area contributed by atoms with Crippen molar-refractivity contribution in [1.82, 2.24) is 10.1 Å². The van der Waals surface area contributed by atoms with Gasteiger partial charge in [-0.1, -0.05) is 18.5 Å². The fraction of sp³-hybridized carbons (Fsp3) is 0.429. The highest BCUT2D eigenvalue weighted by Crippen LogP contribution is 2.28. The predicted molar refractivity (Wildman–Crippen MR) is 73.4 cm³/mol. The van der Waals surface area contributed by atoms with Crippen LogP contribution < -0.4 is 5.73 Å². The highest BCUT2D eigenvalue weighted by molar-refractivity contribution is 5.70. The molecule has 5 nitrogen and oxygen atoms in total. The zero-order valence-electron chi connectivity index (χ0n) is 11.6. The van der Waals surface area contributed by atoms with E-state index in [0.29, 0.717) is 23.7 Å². The molecular formula is C14H18FN3O2. The molecule has 0 aliphatic rings. The first-order valence-corrected chi connectivity index (χ1v) is 6.66. The molecule has 0 fully saturated rings. The van der Waals surface area contributed by atoms with Crippen molar-refractivity contribution >= 4 is 5.69 Å². The summed E-state index contributed by atoms with van der Waals surface area (Å²) in [7, 11) is 0. The number of hydrogen-bond acceptors (Lipinski definition) is 5. The minimum atomic E-state index is -0.399. The number of halogens is 1. The number of nitrogens with two attached hydrogens (primary N) is 1. The van der Waals surface area contributed by atoms with Gasteiger partial charge in [-0.2, -0.15) is 4.98 Å². The van der Waals surface area contributed by atoms with Gasteiger partial charge in [-0.25, -0.2) is 4.39 Å². The van der Waals surface area contributed by atoms with Crippen molar-refractivity contribution in [2.45, 2.75) is 32.8 Å². The van der Waals surface area contributed by atoms with Crippen LogP contribution in [0.15, 0.2) is 22.7 Å². The highest BCUT2D eigenvalue weighted by atomic mass is 19.1. The Morgan fingerprint density at radius 2 is 2.20 bits per heavy atom. The molecule has 0 spiro atoms. The topological polar surface area (TPSA) is 74.2 Å². The molecule has 1 aromatic carbocycles. The van der Waals surface area contributed by atoms with Crippen LogP contribution in [0.3, 0.4) is 0 Å². The Bertz CT molecular complexity index is 565. The van der Waals surface area contributed by atoms with Crippen molar-refractivity contribution in [1.29, 1.82) is 0 Å². The van der Waals surface area contributed by atoms with Crippen molar-refractivity contribution in [3.05, 3.63) is 29.8 Å². The summed E-state index contributed by atoms with van der Waals surface area (Å²) in [6, 6.07) is 4.04. The third-order valence-corrected chi connectivity index (χ3v) is 2.89. The van der Waals surface area contributed by atoms with E-state index in [1.165, 1.54) is 18.2 Å². The number of benzene rings is 1. The second-order valence-electron chi connectivity index (χ2n) is 4.42. The van der Waals surface area contributed by atoms with Gasteiger partial charge in [0.2, 0.25) is 5.82 Å². The fourth-order valence-electron chi connectivity index (χ4n) is 1.94. The van der Waals surface area contributed by atoms with Gasteiger partial charge in [0.25, 0.3) is 5.89 Å². The Hall–Kier alpha value is -1.95. The number of anilines is 1. The van der Waals surface area contributed by atoms with E-state index in [1.807, 2.05) is 6.92 Å². The number of aromatic nitrogens is 2. The largest absolute Gasteiger partial charge is 0.398 e. The lowest BCUT2D eigenvalue weighted by Crippen LogP contribution is -2.06. The van der Waals surface area contributed by atoms with Crippen LogP contribution in [0.4, 0.5) is 10.1 Å². The minimum absolute atomic E-state index is 0.206. The van der Waals surface area contributed by atoms with Crippen molar-refractivity contribution in [3.63, 3.8) is 0 Å². The molecule has 0 bridgehead atoms. The molecule has 0 aliphatic carbocycles. The van der Waals surface area contributed by atoms with Gasteiger partial charge in [-0.15, -0.1) is 0 Å². The van der Waals surface area contributed by atoms with Crippen LogP contribution in [0.1, 0.15) is 38.6 Å². The van der Waals surface area contributed by atoms with Crippen LogP contribution in [0.2, 0.25) is 0 Å². The third-order valence-electron chi connectivity index (χ3n) is 2.89. The Morgan fingerprint density at radius 1 is 1.40 bits per heavy atom. The van der Waals surface area contributed by atoms with E-state index in [-0.39, 0.29) is 12.0 Å². The van der Waals surface area contributed by atoms with Crippen molar-refractivity contribution in [2.75, 3.05) is 12.3 Å². The summed E-state index contributed by atoms with van der Waals surface area (Å²) in [5.74, 6) is 0.272. The third kappa shape index (κ3) is 3.14. The molecule has 0 saturated heterocycles. The number of nitrogen functional groups attached to an aromatic ring is 1. The summed E-state index contributed by atoms with van der Waals surface area (Å²) in [5.41, 5.74) is 6.59. The van der Waals surface area contributed by atoms with Crippen LogP contribution in [-0.2, 0) is 4.74 Å². The molecular weight excluding hydrogens is 261 g/mol. The molecule has 0 radical (unpaired) electrons. The molecule has 1 atom stereocenters. The molecule has 2 aromatic rings. The van der Waals surface area contributed by atoms with Gasteiger partial charge in [0.05, 0.1) is 5.56 Å². The van der Waals surface area contributed by atoms with E-state index in [1.54, 1.807) is 0 Å². The van der Waals surface area contributed by atoms with Crippen LogP contribution >= 0.6 is 0 Å². The zero-order chi connectivity index (χ0) is 14.5. The van der Waals surface area contributed by atoms with E-state index in [4.69, 9.17) is 15.0 Å². The van der Waals surface area contributed by atoms with Crippen molar-refractivity contribution in [2.24, 2.45) is 0 Å². The van der Waals surface area contributed by atoms with Crippen LogP contribution in [-0.4, -0.2) is 16.7 Å². The molecule has 1 aromatic heterocycles. The Kier molecular flexibility index (Phi) is 4.68. The smallest absolute Gasteiger partial charge is 0.260 e. The summed E-state index contributed by atoms with van der Waals surface area (Å²) >= 11 is 0. The number of nitrogens with zero attached hydrogens (tertiary/aromatic N) is 2. The van der Waals surface area contributed by atoms with Crippen molar-refractivity contribution in [3.8, 4) is 11.5 Å². The lowest BCUT2D eigenvalue weighted by Gasteiger charge is -2.11. The average molecular weight is 279 g/mol. The lowest BCUT2D eigenvalue weighted by atomic mass is 10.1. The van der Waals surface area contributed by atoms with Gasteiger partial charge in [-0.05, 0) is 31.5 Å². The van der Waals surface area contributed by atoms with E-state index in [2.05, 4.69) is 17.1 Å². The summed E-state index contributed by atoms with van der Waals surface area (Å²) in [5, 5.41) is 3.91. The molecule has 108 valence electrons. The summed E-state index contributed by atoms with van der Waals surface area (Å²) in [4.78, 5) is 4.27. The first kappa shape index (κ1) is 14.5. The molecule has 2 rings (SSSR count). The molecule has 2 N–H and O–H groups in total. The van der Waals surface area contributed by atoms with E-state index >= 15 is 0 Å². The SMILES string of the molecule is CCCC(OCC)c1noc(-c2cc(F)ccc2N)n1. The fourth-order valence-corrected chi connectivity index (χ4v) is 1.94. The van der Waals surface area contributed by atoms with Gasteiger partial charge in [0, 0.05) is 12.3 Å². The first-order valence-electron chi connectivity index (χ1n) is 6.66. The van der Waals surface area contributed by atoms with E-state index < -0.39 is 5.82 Å². The highest BCUT2D eigenvalue weighted by Gasteiger charge is 2.19. The molecule has 1 unspecified atom stereocenters. The van der Waals surface area contributed by atoms with Crippen LogP contribution in [0.5, 0.6) is 0 Å². The number of ether oxygens (including phenoxy) is 1. The van der Waals surface area contributed by atoms with Gasteiger partial charge >= 0.3 is 0 Å². The molecule has 1 heterocycles. The van der Waals surface area contributed by atoms with Crippen molar-refractivity contribution < 1.29 is 13.7 Å². The van der Waals surface area contributed by atoms with Crippen LogP contribution in [0.25, 0.3) is 11.5 Å². The monoisotopic (exact) mass is 279 g/mol. The Labute approximate surface area is 116 Å². The van der Waals surface area contributed by atoms with E-state index in [0.717, 1.165) is 12.8 Å². The summed E-state index contributed by atoms with van der Waals surface area (Å²) in [6.45, 7) is 4.53. The Balaban J connectivity index is 2.29. The maximum atomic E-state index is 13.3. The molecule has 20 heavy (non-hydrogen) atoms.